The summed E-state index contributed by atoms with van der Waals surface area (Å²) in [5.41, 5.74) is 4.13. The fourth-order valence-electron chi connectivity index (χ4n) is 2.75. The molecule has 2 aromatic carbocycles. The van der Waals surface area contributed by atoms with E-state index < -0.39 is 0 Å². The lowest BCUT2D eigenvalue weighted by atomic mass is 10.1. The lowest BCUT2D eigenvalue weighted by Gasteiger charge is -2.01. The summed E-state index contributed by atoms with van der Waals surface area (Å²) in [4.78, 5) is 27.9. The molecule has 0 fully saturated rings. The van der Waals surface area contributed by atoms with Crippen molar-refractivity contribution in [1.29, 1.82) is 0 Å². The Labute approximate surface area is 158 Å². The standard InChI is InChI=1S/C20H14FN3O2S/c21-15-5-1-12(2-6-15)3-8-18(25)24-20-23-17(11-27-20)13-4-7-16-14(9-13)10-19(26)22-16/h1-9,11H,10H2,(H,22,26)(H,23,24,25)/b8-3+. The number of halogens is 1. The van der Waals surface area contributed by atoms with Crippen LogP contribution in [0.15, 0.2) is 53.9 Å². The molecule has 2 amide bonds. The highest BCUT2D eigenvalue weighted by Crippen LogP contribution is 2.30. The Bertz CT molecular complexity index is 1060. The van der Waals surface area contributed by atoms with Gasteiger partial charge >= 0.3 is 0 Å². The zero-order valence-electron chi connectivity index (χ0n) is 14.0. The topological polar surface area (TPSA) is 71.1 Å². The number of amides is 2. The molecule has 27 heavy (non-hydrogen) atoms. The average molecular weight is 379 g/mol. The number of thiazole rings is 1. The van der Waals surface area contributed by atoms with Crippen LogP contribution in [0.4, 0.5) is 15.2 Å². The third kappa shape index (κ3) is 3.93. The maximum Gasteiger partial charge on any atom is 0.250 e. The van der Waals surface area contributed by atoms with Crippen molar-refractivity contribution in [3.63, 3.8) is 0 Å². The van der Waals surface area contributed by atoms with Gasteiger partial charge in [-0.3, -0.25) is 14.9 Å². The molecule has 0 atom stereocenters. The maximum absolute atomic E-state index is 12.9. The summed E-state index contributed by atoms with van der Waals surface area (Å²) >= 11 is 1.32. The molecule has 0 saturated carbocycles. The van der Waals surface area contributed by atoms with Crippen molar-refractivity contribution in [1.82, 2.24) is 4.98 Å². The van der Waals surface area contributed by atoms with Gasteiger partial charge in [0, 0.05) is 22.7 Å². The molecular formula is C20H14FN3O2S. The molecule has 1 aliphatic rings. The highest BCUT2D eigenvalue weighted by molar-refractivity contribution is 7.14. The molecule has 3 aromatic rings. The summed E-state index contributed by atoms with van der Waals surface area (Å²) in [5, 5.41) is 7.84. The summed E-state index contributed by atoms with van der Waals surface area (Å²) < 4.78 is 12.9. The van der Waals surface area contributed by atoms with E-state index in [-0.39, 0.29) is 17.6 Å². The van der Waals surface area contributed by atoms with Gasteiger partial charge in [0.1, 0.15) is 5.82 Å². The van der Waals surface area contributed by atoms with Gasteiger partial charge in [-0.1, -0.05) is 18.2 Å². The third-order valence-electron chi connectivity index (χ3n) is 4.06. The van der Waals surface area contributed by atoms with Crippen LogP contribution in [-0.2, 0) is 16.0 Å². The molecule has 0 bridgehead atoms. The molecule has 7 heteroatoms. The molecule has 0 radical (unpaired) electrons. The second-order valence-electron chi connectivity index (χ2n) is 6.01. The van der Waals surface area contributed by atoms with Crippen molar-refractivity contribution in [2.24, 2.45) is 0 Å². The quantitative estimate of drug-likeness (QED) is 0.671. The van der Waals surface area contributed by atoms with Crippen molar-refractivity contribution >= 4 is 40.0 Å². The molecule has 0 aliphatic carbocycles. The zero-order valence-corrected chi connectivity index (χ0v) is 14.8. The summed E-state index contributed by atoms with van der Waals surface area (Å²) in [6.45, 7) is 0. The van der Waals surface area contributed by atoms with E-state index in [4.69, 9.17) is 0 Å². The number of aromatic nitrogens is 1. The lowest BCUT2D eigenvalue weighted by Crippen LogP contribution is -2.07. The van der Waals surface area contributed by atoms with Crippen LogP contribution in [0.3, 0.4) is 0 Å². The van der Waals surface area contributed by atoms with Crippen molar-refractivity contribution in [3.8, 4) is 11.3 Å². The van der Waals surface area contributed by atoms with Crippen LogP contribution in [-0.4, -0.2) is 16.8 Å². The van der Waals surface area contributed by atoms with E-state index in [1.807, 2.05) is 23.6 Å². The highest BCUT2D eigenvalue weighted by atomic mass is 32.1. The molecule has 2 N–H and O–H groups in total. The molecule has 134 valence electrons. The smallest absolute Gasteiger partial charge is 0.250 e. The van der Waals surface area contributed by atoms with E-state index in [0.29, 0.717) is 11.6 Å². The van der Waals surface area contributed by atoms with Crippen LogP contribution >= 0.6 is 11.3 Å². The number of carbonyl (C=O) groups excluding carboxylic acids is 2. The Balaban J connectivity index is 1.44. The SMILES string of the molecule is O=C(/C=C/c1ccc(F)cc1)Nc1nc(-c2ccc3c(c2)CC(=O)N3)cs1. The Hall–Kier alpha value is -3.32. The van der Waals surface area contributed by atoms with E-state index in [9.17, 15) is 14.0 Å². The molecule has 0 spiro atoms. The minimum Gasteiger partial charge on any atom is -0.326 e. The first-order valence-corrected chi connectivity index (χ1v) is 9.08. The first-order valence-electron chi connectivity index (χ1n) is 8.20. The Morgan fingerprint density at radius 3 is 2.85 bits per heavy atom. The Kier molecular flexibility index (Phi) is 4.52. The van der Waals surface area contributed by atoms with Crippen LogP contribution in [0.2, 0.25) is 0 Å². The van der Waals surface area contributed by atoms with Gasteiger partial charge < -0.3 is 5.32 Å². The first kappa shape index (κ1) is 17.1. The molecule has 1 aromatic heterocycles. The summed E-state index contributed by atoms with van der Waals surface area (Å²) in [6.07, 6.45) is 3.35. The average Bonchev–Trinajstić information content (AvgIpc) is 3.26. The van der Waals surface area contributed by atoms with Crippen LogP contribution < -0.4 is 10.6 Å². The molecule has 0 unspecified atom stereocenters. The van der Waals surface area contributed by atoms with Gasteiger partial charge in [0.2, 0.25) is 11.8 Å². The largest absolute Gasteiger partial charge is 0.326 e. The number of nitrogens with one attached hydrogen (secondary N) is 2. The predicted molar refractivity (Wildman–Crippen MR) is 104 cm³/mol. The van der Waals surface area contributed by atoms with Crippen LogP contribution in [0.5, 0.6) is 0 Å². The van der Waals surface area contributed by atoms with E-state index in [0.717, 1.165) is 28.1 Å². The van der Waals surface area contributed by atoms with Gasteiger partial charge in [-0.15, -0.1) is 11.3 Å². The predicted octanol–water partition coefficient (Wildman–Crippen LogP) is 4.10. The maximum atomic E-state index is 12.9. The summed E-state index contributed by atoms with van der Waals surface area (Å²) in [5.74, 6) is -0.649. The fourth-order valence-corrected chi connectivity index (χ4v) is 3.47. The van der Waals surface area contributed by atoms with Crippen molar-refractivity contribution in [2.75, 3.05) is 10.6 Å². The lowest BCUT2D eigenvalue weighted by molar-refractivity contribution is -0.115. The first-order chi connectivity index (χ1) is 13.1. The number of anilines is 2. The highest BCUT2D eigenvalue weighted by Gasteiger charge is 2.18. The van der Waals surface area contributed by atoms with Crippen LogP contribution in [0.1, 0.15) is 11.1 Å². The van der Waals surface area contributed by atoms with Crippen molar-refractivity contribution < 1.29 is 14.0 Å². The van der Waals surface area contributed by atoms with E-state index >= 15 is 0 Å². The molecular weight excluding hydrogens is 365 g/mol. The minimum atomic E-state index is -0.321. The van der Waals surface area contributed by atoms with Gasteiger partial charge in [0.15, 0.2) is 5.13 Å². The zero-order chi connectivity index (χ0) is 18.8. The van der Waals surface area contributed by atoms with Gasteiger partial charge in [0.05, 0.1) is 12.1 Å². The van der Waals surface area contributed by atoms with E-state index in [1.54, 1.807) is 18.2 Å². The normalized spacial score (nSPS) is 12.9. The number of fused-ring (bicyclic) bond motifs is 1. The van der Waals surface area contributed by atoms with Gasteiger partial charge in [-0.25, -0.2) is 9.37 Å². The van der Waals surface area contributed by atoms with Gasteiger partial charge in [-0.2, -0.15) is 0 Å². The van der Waals surface area contributed by atoms with Crippen LogP contribution in [0.25, 0.3) is 17.3 Å². The molecule has 2 heterocycles. The van der Waals surface area contributed by atoms with Crippen LogP contribution in [0, 0.1) is 5.82 Å². The molecule has 0 saturated heterocycles. The number of rotatable bonds is 4. The number of hydrogen-bond acceptors (Lipinski definition) is 4. The second-order valence-corrected chi connectivity index (χ2v) is 6.87. The minimum absolute atomic E-state index is 0.0127. The monoisotopic (exact) mass is 379 g/mol. The van der Waals surface area contributed by atoms with Crippen molar-refractivity contribution in [2.45, 2.75) is 6.42 Å². The second kappa shape index (κ2) is 7.13. The van der Waals surface area contributed by atoms with E-state index in [1.165, 1.54) is 29.5 Å². The number of nitrogens with zero attached hydrogens (tertiary/aromatic N) is 1. The molecule has 5 nitrogen and oxygen atoms in total. The number of benzene rings is 2. The molecule has 4 rings (SSSR count). The summed E-state index contributed by atoms with van der Waals surface area (Å²) in [7, 11) is 0. The molecule has 1 aliphatic heterocycles. The fraction of sp³-hybridized carbons (Fsp3) is 0.0500. The third-order valence-corrected chi connectivity index (χ3v) is 4.82. The van der Waals surface area contributed by atoms with Crippen molar-refractivity contribution in [3.05, 3.63) is 70.9 Å². The Morgan fingerprint density at radius 1 is 1.22 bits per heavy atom. The van der Waals surface area contributed by atoms with Gasteiger partial charge in [-0.05, 0) is 41.5 Å². The van der Waals surface area contributed by atoms with Gasteiger partial charge in [0.25, 0.3) is 0 Å². The number of carbonyl (C=O) groups is 2. The number of hydrogen-bond donors (Lipinski definition) is 2. The van der Waals surface area contributed by atoms with E-state index in [2.05, 4.69) is 15.6 Å². The Morgan fingerprint density at radius 2 is 2.04 bits per heavy atom. The summed E-state index contributed by atoms with van der Waals surface area (Å²) in [6, 6.07) is 11.5.